The molecule has 2 aromatic rings. The minimum atomic E-state index is -0.484. The lowest BCUT2D eigenvalue weighted by molar-refractivity contribution is -0.114. The van der Waals surface area contributed by atoms with Gasteiger partial charge in [0, 0.05) is 11.4 Å². The van der Waals surface area contributed by atoms with Gasteiger partial charge in [-0.05, 0) is 49.2 Å². The standard InChI is InChI=1S/C16H16ClFN2O/c1-10-4-3-5-15(11(10)2)20-16(21)9-19-12-6-7-14(18)13(17)8-12/h3-8,19H,9H2,1-2H3,(H,20,21). The molecule has 2 aromatic carbocycles. The molecule has 0 bridgehead atoms. The second kappa shape index (κ2) is 6.59. The van der Waals surface area contributed by atoms with Crippen LogP contribution in [0.3, 0.4) is 0 Å². The fourth-order valence-corrected chi connectivity index (χ4v) is 2.05. The maximum absolute atomic E-state index is 13.0. The zero-order valence-corrected chi connectivity index (χ0v) is 12.6. The van der Waals surface area contributed by atoms with Gasteiger partial charge >= 0.3 is 0 Å². The number of carbonyl (C=O) groups is 1. The van der Waals surface area contributed by atoms with Crippen molar-refractivity contribution in [1.82, 2.24) is 0 Å². The Morgan fingerprint density at radius 1 is 1.24 bits per heavy atom. The van der Waals surface area contributed by atoms with Crippen molar-refractivity contribution in [1.29, 1.82) is 0 Å². The summed E-state index contributed by atoms with van der Waals surface area (Å²) in [5, 5.41) is 5.77. The maximum Gasteiger partial charge on any atom is 0.243 e. The normalized spacial score (nSPS) is 10.3. The zero-order chi connectivity index (χ0) is 15.4. The van der Waals surface area contributed by atoms with Gasteiger partial charge < -0.3 is 10.6 Å². The molecule has 0 saturated heterocycles. The van der Waals surface area contributed by atoms with Gasteiger partial charge in [-0.3, -0.25) is 4.79 Å². The largest absolute Gasteiger partial charge is 0.376 e. The Bertz CT molecular complexity index is 673. The summed E-state index contributed by atoms with van der Waals surface area (Å²) in [4.78, 5) is 11.9. The number of amides is 1. The molecule has 0 aliphatic carbocycles. The zero-order valence-electron chi connectivity index (χ0n) is 11.8. The van der Waals surface area contributed by atoms with E-state index in [1.165, 1.54) is 18.2 Å². The van der Waals surface area contributed by atoms with E-state index in [0.717, 1.165) is 16.8 Å². The first-order valence-corrected chi connectivity index (χ1v) is 6.90. The molecule has 0 aromatic heterocycles. The van der Waals surface area contributed by atoms with Crippen molar-refractivity contribution in [3.63, 3.8) is 0 Å². The third-order valence-corrected chi connectivity index (χ3v) is 3.54. The van der Waals surface area contributed by atoms with Crippen LogP contribution in [0.2, 0.25) is 5.02 Å². The van der Waals surface area contributed by atoms with Crippen LogP contribution in [0.15, 0.2) is 36.4 Å². The van der Waals surface area contributed by atoms with E-state index in [1.807, 2.05) is 32.0 Å². The third kappa shape index (κ3) is 3.95. The quantitative estimate of drug-likeness (QED) is 0.891. The fraction of sp³-hybridized carbons (Fsp3) is 0.188. The lowest BCUT2D eigenvalue weighted by Crippen LogP contribution is -2.22. The summed E-state index contributed by atoms with van der Waals surface area (Å²) in [5.74, 6) is -0.661. The van der Waals surface area contributed by atoms with Gasteiger partial charge in [0.15, 0.2) is 0 Å². The molecule has 0 heterocycles. The van der Waals surface area contributed by atoms with E-state index in [2.05, 4.69) is 10.6 Å². The van der Waals surface area contributed by atoms with Crippen molar-refractivity contribution in [2.45, 2.75) is 13.8 Å². The van der Waals surface area contributed by atoms with Crippen molar-refractivity contribution in [3.05, 3.63) is 58.4 Å². The molecule has 3 nitrogen and oxygen atoms in total. The molecule has 0 fully saturated rings. The van der Waals surface area contributed by atoms with Crippen LogP contribution >= 0.6 is 11.6 Å². The van der Waals surface area contributed by atoms with E-state index in [-0.39, 0.29) is 17.5 Å². The van der Waals surface area contributed by atoms with Crippen LogP contribution < -0.4 is 10.6 Å². The van der Waals surface area contributed by atoms with Crippen molar-refractivity contribution in [3.8, 4) is 0 Å². The summed E-state index contributed by atoms with van der Waals surface area (Å²) in [5.41, 5.74) is 3.54. The fourth-order valence-electron chi connectivity index (χ4n) is 1.87. The van der Waals surface area contributed by atoms with Crippen LogP contribution in [-0.2, 0) is 4.79 Å². The Hall–Kier alpha value is -2.07. The molecule has 2 N–H and O–H groups in total. The van der Waals surface area contributed by atoms with Crippen LogP contribution in [-0.4, -0.2) is 12.5 Å². The summed E-state index contributed by atoms with van der Waals surface area (Å²) in [6.07, 6.45) is 0. The van der Waals surface area contributed by atoms with Crippen molar-refractivity contribution in [2.75, 3.05) is 17.2 Å². The first-order chi connectivity index (χ1) is 9.97. The molecular weight excluding hydrogens is 291 g/mol. The number of benzene rings is 2. The third-order valence-electron chi connectivity index (χ3n) is 3.25. The average molecular weight is 307 g/mol. The van der Waals surface area contributed by atoms with E-state index >= 15 is 0 Å². The van der Waals surface area contributed by atoms with E-state index in [0.29, 0.717) is 5.69 Å². The summed E-state index contributed by atoms with van der Waals surface area (Å²) in [6.45, 7) is 4.03. The van der Waals surface area contributed by atoms with Crippen LogP contribution in [0.5, 0.6) is 0 Å². The lowest BCUT2D eigenvalue weighted by atomic mass is 10.1. The molecule has 0 saturated carbocycles. The van der Waals surface area contributed by atoms with Gasteiger partial charge in [0.2, 0.25) is 5.91 Å². The highest BCUT2D eigenvalue weighted by molar-refractivity contribution is 6.31. The van der Waals surface area contributed by atoms with Crippen molar-refractivity contribution in [2.24, 2.45) is 0 Å². The van der Waals surface area contributed by atoms with Crippen LogP contribution in [0.25, 0.3) is 0 Å². The first-order valence-electron chi connectivity index (χ1n) is 6.52. The van der Waals surface area contributed by atoms with Crippen LogP contribution in [0, 0.1) is 19.7 Å². The Labute approximate surface area is 128 Å². The number of hydrogen-bond acceptors (Lipinski definition) is 2. The van der Waals surface area contributed by atoms with E-state index in [4.69, 9.17) is 11.6 Å². The first kappa shape index (κ1) is 15.3. The number of hydrogen-bond donors (Lipinski definition) is 2. The van der Waals surface area contributed by atoms with Gasteiger partial charge in [0.05, 0.1) is 11.6 Å². The summed E-state index contributed by atoms with van der Waals surface area (Å²) >= 11 is 5.68. The molecule has 5 heteroatoms. The minimum absolute atomic E-state index is 0.0231. The SMILES string of the molecule is Cc1cccc(NC(=O)CNc2ccc(F)c(Cl)c2)c1C. The molecular formula is C16H16ClFN2O. The number of anilines is 2. The Balaban J connectivity index is 1.96. The maximum atomic E-state index is 13.0. The number of rotatable bonds is 4. The van der Waals surface area contributed by atoms with Gasteiger partial charge in [0.1, 0.15) is 5.82 Å². The highest BCUT2D eigenvalue weighted by Gasteiger charge is 2.06. The minimum Gasteiger partial charge on any atom is -0.376 e. The molecule has 21 heavy (non-hydrogen) atoms. The van der Waals surface area contributed by atoms with Gasteiger partial charge in [-0.2, -0.15) is 0 Å². The highest BCUT2D eigenvalue weighted by atomic mass is 35.5. The molecule has 0 spiro atoms. The van der Waals surface area contributed by atoms with Crippen molar-refractivity contribution < 1.29 is 9.18 Å². The highest BCUT2D eigenvalue weighted by Crippen LogP contribution is 2.20. The van der Waals surface area contributed by atoms with Gasteiger partial charge in [0.25, 0.3) is 0 Å². The van der Waals surface area contributed by atoms with Gasteiger partial charge in [-0.1, -0.05) is 23.7 Å². The molecule has 110 valence electrons. The smallest absolute Gasteiger partial charge is 0.243 e. The molecule has 0 unspecified atom stereocenters. The second-order valence-electron chi connectivity index (χ2n) is 4.78. The molecule has 0 radical (unpaired) electrons. The Morgan fingerprint density at radius 2 is 2.00 bits per heavy atom. The average Bonchev–Trinajstić information content (AvgIpc) is 2.45. The molecule has 1 amide bonds. The molecule has 0 aliphatic heterocycles. The molecule has 0 atom stereocenters. The number of aryl methyl sites for hydroxylation is 1. The number of carbonyl (C=O) groups excluding carboxylic acids is 1. The number of halogens is 2. The predicted octanol–water partition coefficient (Wildman–Crippen LogP) is 4.15. The van der Waals surface area contributed by atoms with Crippen LogP contribution in [0.4, 0.5) is 15.8 Å². The van der Waals surface area contributed by atoms with Gasteiger partial charge in [-0.25, -0.2) is 4.39 Å². The molecule has 0 aliphatic rings. The lowest BCUT2D eigenvalue weighted by Gasteiger charge is -2.11. The Kier molecular flexibility index (Phi) is 4.81. The molecule has 2 rings (SSSR count). The summed E-state index contributed by atoms with van der Waals surface area (Å²) in [7, 11) is 0. The van der Waals surface area contributed by atoms with E-state index in [9.17, 15) is 9.18 Å². The van der Waals surface area contributed by atoms with Crippen molar-refractivity contribution >= 4 is 28.9 Å². The second-order valence-corrected chi connectivity index (χ2v) is 5.19. The summed E-state index contributed by atoms with van der Waals surface area (Å²) < 4.78 is 13.0. The van der Waals surface area contributed by atoms with Gasteiger partial charge in [-0.15, -0.1) is 0 Å². The van der Waals surface area contributed by atoms with E-state index in [1.54, 1.807) is 0 Å². The number of nitrogens with one attached hydrogen (secondary N) is 2. The summed E-state index contributed by atoms with van der Waals surface area (Å²) in [6, 6.07) is 9.98. The van der Waals surface area contributed by atoms with Crippen LogP contribution in [0.1, 0.15) is 11.1 Å². The predicted molar refractivity (Wildman–Crippen MR) is 84.4 cm³/mol. The topological polar surface area (TPSA) is 41.1 Å². The van der Waals surface area contributed by atoms with E-state index < -0.39 is 5.82 Å². The Morgan fingerprint density at radius 3 is 2.71 bits per heavy atom. The monoisotopic (exact) mass is 306 g/mol.